The summed E-state index contributed by atoms with van der Waals surface area (Å²) in [4.78, 5) is 10.7. The fourth-order valence-electron chi connectivity index (χ4n) is 9.38. The Labute approximate surface area is 328 Å². The zero-order valence-electron chi connectivity index (χ0n) is 30.3. The molecule has 0 bridgehead atoms. The molecular weight excluding hydrogens is 699 g/mol. The fraction of sp³-hybridized carbons (Fsp3) is 0.0385. The largest absolute Gasteiger partial charge is 0.295 e. The Morgan fingerprint density at radius 1 is 0.518 bits per heavy atom. The summed E-state index contributed by atoms with van der Waals surface area (Å²) in [6.45, 7) is 0. The van der Waals surface area contributed by atoms with E-state index in [1.807, 2.05) is 17.4 Å². The van der Waals surface area contributed by atoms with Gasteiger partial charge in [0.1, 0.15) is 5.82 Å². The number of hydrogen-bond acceptors (Lipinski definition) is 3. The normalized spacial score (nSPS) is 15.7. The van der Waals surface area contributed by atoms with Crippen LogP contribution in [0, 0.1) is 0 Å². The first-order valence-corrected chi connectivity index (χ1v) is 20.1. The van der Waals surface area contributed by atoms with Crippen molar-refractivity contribution in [1.29, 1.82) is 0 Å². The molecule has 12 rings (SSSR count). The molecule has 2 aliphatic carbocycles. The van der Waals surface area contributed by atoms with Crippen LogP contribution in [0.4, 0.5) is 0 Å². The summed E-state index contributed by atoms with van der Waals surface area (Å²) < 4.78 is 5.07. The maximum atomic E-state index is 5.52. The van der Waals surface area contributed by atoms with E-state index in [1.165, 1.54) is 75.4 Å². The van der Waals surface area contributed by atoms with Crippen molar-refractivity contribution >= 4 is 53.2 Å². The Morgan fingerprint density at radius 2 is 1.20 bits per heavy atom. The van der Waals surface area contributed by atoms with Crippen LogP contribution in [0.25, 0.3) is 92.6 Å². The van der Waals surface area contributed by atoms with Crippen molar-refractivity contribution in [3.05, 3.63) is 199 Å². The molecule has 0 N–H and O–H groups in total. The van der Waals surface area contributed by atoms with E-state index in [-0.39, 0.29) is 11.8 Å². The number of allylic oxidation sites excluding steroid dienone is 4. The van der Waals surface area contributed by atoms with E-state index in [2.05, 4.69) is 187 Å². The van der Waals surface area contributed by atoms with Crippen LogP contribution in [0.15, 0.2) is 188 Å². The Kier molecular flexibility index (Phi) is 6.92. The molecular formula is C52H33N3S. The number of nitrogens with zero attached hydrogens (tertiary/aromatic N) is 3. The van der Waals surface area contributed by atoms with Crippen molar-refractivity contribution in [1.82, 2.24) is 14.5 Å². The second kappa shape index (κ2) is 12.3. The zero-order chi connectivity index (χ0) is 36.7. The molecule has 10 aromatic rings. The van der Waals surface area contributed by atoms with Crippen LogP contribution in [0.1, 0.15) is 23.1 Å². The molecule has 3 nitrogen and oxygen atoms in total. The maximum absolute atomic E-state index is 5.52. The third kappa shape index (κ3) is 4.63. The monoisotopic (exact) mass is 731 g/mol. The molecule has 0 saturated heterocycles. The van der Waals surface area contributed by atoms with Crippen molar-refractivity contribution in [3.8, 4) is 50.7 Å². The van der Waals surface area contributed by atoms with Crippen LogP contribution in [0.3, 0.4) is 0 Å². The molecule has 0 aliphatic heterocycles. The van der Waals surface area contributed by atoms with Crippen LogP contribution < -0.4 is 0 Å². The quantitative estimate of drug-likeness (QED) is 0.180. The molecule has 0 fully saturated rings. The molecule has 0 spiro atoms. The van der Waals surface area contributed by atoms with Gasteiger partial charge in [-0.05, 0) is 45.2 Å². The molecule has 2 atom stereocenters. The summed E-state index contributed by atoms with van der Waals surface area (Å²) in [5, 5.41) is 6.31. The van der Waals surface area contributed by atoms with Crippen LogP contribution >= 0.6 is 11.3 Å². The Morgan fingerprint density at radius 3 is 2.05 bits per heavy atom. The molecule has 56 heavy (non-hydrogen) atoms. The lowest BCUT2D eigenvalue weighted by molar-refractivity contribution is 0.684. The van der Waals surface area contributed by atoms with E-state index in [0.29, 0.717) is 5.82 Å². The number of thiophene rings is 1. The SMILES string of the molecule is C1=CC2c3ccccc3-c3c(n(-c4cc(-c5ccccc5)nc(-c5ccccc5)n4)c4c3cc(-c3cccc5ccccc35)c3c5ccccc5sc34)C2C=C1. The summed E-state index contributed by atoms with van der Waals surface area (Å²) in [6, 6.07) is 59.1. The molecule has 2 unspecified atom stereocenters. The van der Waals surface area contributed by atoms with Crippen LogP contribution in [0.5, 0.6) is 0 Å². The Hall–Kier alpha value is -6.88. The van der Waals surface area contributed by atoms with E-state index in [4.69, 9.17) is 9.97 Å². The third-order valence-electron chi connectivity index (χ3n) is 11.8. The second-order valence-electron chi connectivity index (χ2n) is 14.8. The highest BCUT2D eigenvalue weighted by Gasteiger charge is 2.38. The van der Waals surface area contributed by atoms with Gasteiger partial charge in [0, 0.05) is 61.1 Å². The van der Waals surface area contributed by atoms with E-state index in [9.17, 15) is 0 Å². The van der Waals surface area contributed by atoms with Crippen LogP contribution in [0.2, 0.25) is 0 Å². The molecule has 2 aliphatic rings. The minimum absolute atomic E-state index is 0.109. The predicted molar refractivity (Wildman–Crippen MR) is 235 cm³/mol. The van der Waals surface area contributed by atoms with Gasteiger partial charge in [-0.3, -0.25) is 4.57 Å². The minimum Gasteiger partial charge on any atom is -0.295 e. The van der Waals surface area contributed by atoms with Crippen LogP contribution in [-0.2, 0) is 0 Å². The van der Waals surface area contributed by atoms with Crippen molar-refractivity contribution < 1.29 is 0 Å². The number of hydrogen-bond donors (Lipinski definition) is 0. The third-order valence-corrected chi connectivity index (χ3v) is 13.0. The van der Waals surface area contributed by atoms with Gasteiger partial charge in [0.05, 0.1) is 15.9 Å². The maximum Gasteiger partial charge on any atom is 0.162 e. The summed E-state index contributed by atoms with van der Waals surface area (Å²) in [5.74, 6) is 1.90. The van der Waals surface area contributed by atoms with Gasteiger partial charge in [-0.2, -0.15) is 0 Å². The lowest BCUT2D eigenvalue weighted by Crippen LogP contribution is -2.19. The lowest BCUT2D eigenvalue weighted by Gasteiger charge is -2.33. The molecule has 262 valence electrons. The molecule has 0 amide bonds. The number of fused-ring (bicyclic) bond motifs is 13. The lowest BCUT2D eigenvalue weighted by atomic mass is 9.72. The van der Waals surface area contributed by atoms with E-state index >= 15 is 0 Å². The summed E-state index contributed by atoms with van der Waals surface area (Å²) >= 11 is 1.89. The molecule has 0 saturated carbocycles. The average Bonchev–Trinajstić information content (AvgIpc) is 3.84. The van der Waals surface area contributed by atoms with E-state index < -0.39 is 0 Å². The fourth-order valence-corrected chi connectivity index (χ4v) is 10.6. The highest BCUT2D eigenvalue weighted by Crippen LogP contribution is 2.56. The first-order valence-electron chi connectivity index (χ1n) is 19.3. The van der Waals surface area contributed by atoms with Gasteiger partial charge in [-0.25, -0.2) is 9.97 Å². The second-order valence-corrected chi connectivity index (χ2v) is 15.9. The number of benzene rings is 7. The van der Waals surface area contributed by atoms with Gasteiger partial charge in [0.25, 0.3) is 0 Å². The molecule has 7 aromatic carbocycles. The standard InChI is InChI=1S/C52H33N3S/c1-3-17-33(18-4-1)44-31-46(54-52(53-44)34-19-5-2-6-20-34)55-49-40-26-12-10-24-38(40)37-23-9-11-25-39(37)47(49)43-30-42(36-28-15-21-32-16-7-8-22-35(32)36)48-41-27-13-14-29-45(41)56-51(48)50(43)55/h1-31,38,40H. The van der Waals surface area contributed by atoms with Crippen molar-refractivity contribution in [3.63, 3.8) is 0 Å². The van der Waals surface area contributed by atoms with Crippen molar-refractivity contribution in [2.45, 2.75) is 11.8 Å². The van der Waals surface area contributed by atoms with Gasteiger partial charge in [0.2, 0.25) is 0 Å². The zero-order valence-corrected chi connectivity index (χ0v) is 31.1. The predicted octanol–water partition coefficient (Wildman–Crippen LogP) is 13.9. The number of aromatic nitrogens is 3. The molecule has 0 radical (unpaired) electrons. The summed E-state index contributed by atoms with van der Waals surface area (Å²) in [6.07, 6.45) is 9.22. The summed E-state index contributed by atoms with van der Waals surface area (Å²) in [5.41, 5.74) is 11.9. The molecule has 3 heterocycles. The first-order chi connectivity index (χ1) is 27.8. The highest BCUT2D eigenvalue weighted by atomic mass is 32.1. The van der Waals surface area contributed by atoms with Crippen molar-refractivity contribution in [2.75, 3.05) is 0 Å². The first kappa shape index (κ1) is 31.5. The topological polar surface area (TPSA) is 30.7 Å². The van der Waals surface area contributed by atoms with Gasteiger partial charge >= 0.3 is 0 Å². The molecule has 3 aromatic heterocycles. The van der Waals surface area contributed by atoms with E-state index in [1.54, 1.807) is 0 Å². The molecule has 4 heteroatoms. The highest BCUT2D eigenvalue weighted by molar-refractivity contribution is 7.26. The van der Waals surface area contributed by atoms with Crippen LogP contribution in [-0.4, -0.2) is 14.5 Å². The minimum atomic E-state index is 0.109. The smallest absolute Gasteiger partial charge is 0.162 e. The number of rotatable bonds is 4. The van der Waals surface area contributed by atoms with E-state index in [0.717, 1.165) is 22.6 Å². The summed E-state index contributed by atoms with van der Waals surface area (Å²) in [7, 11) is 0. The Bertz CT molecular complexity index is 3200. The van der Waals surface area contributed by atoms with Gasteiger partial charge in [-0.1, -0.05) is 170 Å². The van der Waals surface area contributed by atoms with Gasteiger partial charge in [-0.15, -0.1) is 11.3 Å². The Balaban J connectivity index is 1.30. The average molecular weight is 732 g/mol. The van der Waals surface area contributed by atoms with Crippen molar-refractivity contribution in [2.24, 2.45) is 0 Å². The van der Waals surface area contributed by atoms with Gasteiger partial charge < -0.3 is 0 Å². The van der Waals surface area contributed by atoms with Gasteiger partial charge in [0.15, 0.2) is 5.82 Å².